The van der Waals surface area contributed by atoms with Gasteiger partial charge in [-0.15, -0.1) is 0 Å². The molecule has 3 rings (SSSR count). The van der Waals surface area contributed by atoms with E-state index in [2.05, 4.69) is 18.0 Å². The number of hydrogen-bond donors (Lipinski definition) is 1. The Morgan fingerprint density at radius 1 is 1.44 bits per heavy atom. The molecule has 3 atom stereocenters. The standard InChI is InChI=1S/C14H19NO/c1-10-4-2-8-14(10,16)12-7-6-11-5-3-9-15-13(11)12/h3,5,9-10,12,16H,2,4,6-8H2,1H3. The fraction of sp³-hybridized carbons (Fsp3) is 0.643. The first-order valence-electron chi connectivity index (χ1n) is 6.38. The minimum atomic E-state index is -0.487. The third-order valence-corrected chi connectivity index (χ3v) is 4.63. The molecule has 1 fully saturated rings. The molecule has 2 aliphatic carbocycles. The second-order valence-electron chi connectivity index (χ2n) is 5.42. The molecule has 1 saturated carbocycles. The molecular weight excluding hydrogens is 198 g/mol. The van der Waals surface area contributed by atoms with Gasteiger partial charge in [-0.25, -0.2) is 0 Å². The van der Waals surface area contributed by atoms with Crippen molar-refractivity contribution in [2.45, 2.75) is 50.5 Å². The number of aromatic nitrogens is 1. The molecule has 86 valence electrons. The van der Waals surface area contributed by atoms with Crippen molar-refractivity contribution in [3.05, 3.63) is 29.6 Å². The fourth-order valence-electron chi connectivity index (χ4n) is 3.60. The molecule has 0 radical (unpaired) electrons. The number of rotatable bonds is 1. The number of aryl methyl sites for hydroxylation is 1. The quantitative estimate of drug-likeness (QED) is 0.784. The molecule has 3 unspecified atom stereocenters. The van der Waals surface area contributed by atoms with E-state index in [1.54, 1.807) is 0 Å². The van der Waals surface area contributed by atoms with Gasteiger partial charge in [-0.3, -0.25) is 4.98 Å². The van der Waals surface area contributed by atoms with Crippen LogP contribution in [0.15, 0.2) is 18.3 Å². The molecule has 0 bridgehead atoms. The lowest BCUT2D eigenvalue weighted by molar-refractivity contribution is -0.0184. The molecular formula is C14H19NO. The summed E-state index contributed by atoms with van der Waals surface area (Å²) >= 11 is 0. The summed E-state index contributed by atoms with van der Waals surface area (Å²) in [5, 5.41) is 10.9. The molecule has 2 aliphatic rings. The number of fused-ring (bicyclic) bond motifs is 1. The van der Waals surface area contributed by atoms with E-state index in [0.29, 0.717) is 5.92 Å². The highest BCUT2D eigenvalue weighted by atomic mass is 16.3. The Kier molecular flexibility index (Phi) is 2.28. The van der Waals surface area contributed by atoms with E-state index in [0.717, 1.165) is 32.1 Å². The Hall–Kier alpha value is -0.890. The number of pyridine rings is 1. The summed E-state index contributed by atoms with van der Waals surface area (Å²) in [7, 11) is 0. The molecule has 16 heavy (non-hydrogen) atoms. The fourth-order valence-corrected chi connectivity index (χ4v) is 3.60. The van der Waals surface area contributed by atoms with Crippen LogP contribution in [0.25, 0.3) is 0 Å². The van der Waals surface area contributed by atoms with Gasteiger partial charge in [-0.2, -0.15) is 0 Å². The molecule has 1 N–H and O–H groups in total. The van der Waals surface area contributed by atoms with E-state index in [9.17, 15) is 5.11 Å². The predicted octanol–water partition coefficient (Wildman–Crippen LogP) is 2.66. The first kappa shape index (κ1) is 10.3. The van der Waals surface area contributed by atoms with Crippen LogP contribution in [0, 0.1) is 5.92 Å². The number of aliphatic hydroxyl groups is 1. The molecule has 1 aromatic rings. The van der Waals surface area contributed by atoms with Gasteiger partial charge in [0.25, 0.3) is 0 Å². The monoisotopic (exact) mass is 217 g/mol. The predicted molar refractivity (Wildman–Crippen MR) is 63.3 cm³/mol. The second-order valence-corrected chi connectivity index (χ2v) is 5.42. The minimum absolute atomic E-state index is 0.279. The molecule has 0 saturated heterocycles. The molecule has 0 amide bonds. The van der Waals surface area contributed by atoms with Crippen LogP contribution in [0.4, 0.5) is 0 Å². The van der Waals surface area contributed by atoms with Crippen LogP contribution < -0.4 is 0 Å². The topological polar surface area (TPSA) is 33.1 Å². The van der Waals surface area contributed by atoms with E-state index in [-0.39, 0.29) is 5.92 Å². The Bertz CT molecular complexity index is 403. The summed E-state index contributed by atoms with van der Waals surface area (Å²) in [4.78, 5) is 4.50. The highest BCUT2D eigenvalue weighted by molar-refractivity contribution is 5.31. The molecule has 0 aliphatic heterocycles. The maximum Gasteiger partial charge on any atom is 0.0756 e. The third kappa shape index (κ3) is 1.32. The van der Waals surface area contributed by atoms with Crippen molar-refractivity contribution in [2.24, 2.45) is 5.92 Å². The molecule has 2 nitrogen and oxygen atoms in total. The van der Waals surface area contributed by atoms with Gasteiger partial charge in [0.2, 0.25) is 0 Å². The van der Waals surface area contributed by atoms with E-state index in [4.69, 9.17) is 0 Å². The van der Waals surface area contributed by atoms with Crippen LogP contribution >= 0.6 is 0 Å². The summed E-state index contributed by atoms with van der Waals surface area (Å²) in [5.41, 5.74) is 2.03. The van der Waals surface area contributed by atoms with Gasteiger partial charge in [0.15, 0.2) is 0 Å². The Morgan fingerprint density at radius 3 is 3.06 bits per heavy atom. The van der Waals surface area contributed by atoms with Crippen LogP contribution in [-0.2, 0) is 6.42 Å². The second kappa shape index (κ2) is 3.56. The summed E-state index contributed by atoms with van der Waals surface area (Å²) in [6, 6.07) is 4.16. The smallest absolute Gasteiger partial charge is 0.0756 e. The van der Waals surface area contributed by atoms with Gasteiger partial charge in [0.05, 0.1) is 5.60 Å². The molecule has 1 aromatic heterocycles. The maximum atomic E-state index is 10.9. The lowest BCUT2D eigenvalue weighted by Gasteiger charge is -2.34. The SMILES string of the molecule is CC1CCCC1(O)C1CCc2cccnc21. The van der Waals surface area contributed by atoms with Crippen LogP contribution in [0.5, 0.6) is 0 Å². The largest absolute Gasteiger partial charge is 0.389 e. The number of hydrogen-bond acceptors (Lipinski definition) is 2. The zero-order chi connectivity index (χ0) is 11.2. The van der Waals surface area contributed by atoms with Gasteiger partial charge in [0.1, 0.15) is 0 Å². The van der Waals surface area contributed by atoms with Crippen molar-refractivity contribution in [3.63, 3.8) is 0 Å². The van der Waals surface area contributed by atoms with Gasteiger partial charge in [-0.1, -0.05) is 19.4 Å². The van der Waals surface area contributed by atoms with E-state index < -0.39 is 5.60 Å². The summed E-state index contributed by atoms with van der Waals surface area (Å²) in [5.74, 6) is 0.701. The van der Waals surface area contributed by atoms with E-state index in [1.807, 2.05) is 12.3 Å². The van der Waals surface area contributed by atoms with Crippen molar-refractivity contribution in [3.8, 4) is 0 Å². The van der Waals surface area contributed by atoms with Gasteiger partial charge < -0.3 is 5.11 Å². The van der Waals surface area contributed by atoms with Crippen LogP contribution in [0.2, 0.25) is 0 Å². The first-order chi connectivity index (χ1) is 7.72. The molecule has 1 heterocycles. The Morgan fingerprint density at radius 2 is 2.31 bits per heavy atom. The van der Waals surface area contributed by atoms with Crippen molar-refractivity contribution >= 4 is 0 Å². The van der Waals surface area contributed by atoms with Crippen molar-refractivity contribution in [1.29, 1.82) is 0 Å². The average molecular weight is 217 g/mol. The first-order valence-corrected chi connectivity index (χ1v) is 6.38. The average Bonchev–Trinajstić information content (AvgIpc) is 2.85. The lowest BCUT2D eigenvalue weighted by Crippen LogP contribution is -2.38. The highest BCUT2D eigenvalue weighted by Crippen LogP contribution is 2.49. The lowest BCUT2D eigenvalue weighted by atomic mass is 9.78. The molecule has 0 spiro atoms. The summed E-state index contributed by atoms with van der Waals surface area (Å²) in [6.45, 7) is 2.19. The van der Waals surface area contributed by atoms with Crippen LogP contribution in [-0.4, -0.2) is 15.7 Å². The van der Waals surface area contributed by atoms with Gasteiger partial charge in [-0.05, 0) is 43.2 Å². The zero-order valence-electron chi connectivity index (χ0n) is 9.82. The van der Waals surface area contributed by atoms with Crippen molar-refractivity contribution < 1.29 is 5.11 Å². The highest BCUT2D eigenvalue weighted by Gasteiger charge is 2.48. The van der Waals surface area contributed by atoms with Crippen LogP contribution in [0.1, 0.15) is 49.8 Å². The summed E-state index contributed by atoms with van der Waals surface area (Å²) in [6.07, 6.45) is 7.30. The van der Waals surface area contributed by atoms with Crippen molar-refractivity contribution in [2.75, 3.05) is 0 Å². The third-order valence-electron chi connectivity index (χ3n) is 4.63. The Labute approximate surface area is 96.7 Å². The normalized spacial score (nSPS) is 37.6. The van der Waals surface area contributed by atoms with Gasteiger partial charge >= 0.3 is 0 Å². The number of nitrogens with zero attached hydrogens (tertiary/aromatic N) is 1. The van der Waals surface area contributed by atoms with E-state index >= 15 is 0 Å². The molecule has 0 aromatic carbocycles. The van der Waals surface area contributed by atoms with Crippen LogP contribution in [0.3, 0.4) is 0 Å². The summed E-state index contributed by atoms with van der Waals surface area (Å²) < 4.78 is 0. The Balaban J connectivity index is 1.98. The van der Waals surface area contributed by atoms with E-state index in [1.165, 1.54) is 11.3 Å². The minimum Gasteiger partial charge on any atom is -0.389 e. The zero-order valence-corrected chi connectivity index (χ0v) is 9.82. The molecule has 2 heteroatoms. The maximum absolute atomic E-state index is 10.9. The van der Waals surface area contributed by atoms with Crippen molar-refractivity contribution in [1.82, 2.24) is 4.98 Å². The van der Waals surface area contributed by atoms with Gasteiger partial charge in [0, 0.05) is 17.8 Å².